The lowest BCUT2D eigenvalue weighted by atomic mass is 10.2. The van der Waals surface area contributed by atoms with Crippen LogP contribution < -0.4 is 4.74 Å². The third kappa shape index (κ3) is 2.45. The maximum Gasteiger partial charge on any atom is 0.341 e. The monoisotopic (exact) mass is 195 g/mol. The normalized spacial score (nSPS) is 9.14. The summed E-state index contributed by atoms with van der Waals surface area (Å²) in [5, 5.41) is 16.7. The molecular formula is C9H6FNO3. The number of hydrogen-bond donors (Lipinski definition) is 1. The minimum absolute atomic E-state index is 0.158. The molecule has 0 spiro atoms. The maximum absolute atomic E-state index is 13.0. The van der Waals surface area contributed by atoms with Gasteiger partial charge in [-0.25, -0.2) is 9.18 Å². The van der Waals surface area contributed by atoms with Gasteiger partial charge in [-0.15, -0.1) is 0 Å². The Hall–Kier alpha value is -2.09. The molecule has 0 saturated heterocycles. The van der Waals surface area contributed by atoms with Crippen LogP contribution in [0.2, 0.25) is 0 Å². The van der Waals surface area contributed by atoms with E-state index in [9.17, 15) is 9.18 Å². The van der Waals surface area contributed by atoms with Crippen molar-refractivity contribution < 1.29 is 19.0 Å². The van der Waals surface area contributed by atoms with E-state index in [1.165, 1.54) is 12.1 Å². The maximum atomic E-state index is 13.0. The standard InChI is InChI=1S/C9H6FNO3/c10-7-3-6(4-11)1-2-8(7)14-5-9(12)13/h1-3H,5H2,(H,12,13). The molecule has 0 aliphatic heterocycles. The van der Waals surface area contributed by atoms with Gasteiger partial charge < -0.3 is 9.84 Å². The van der Waals surface area contributed by atoms with Gasteiger partial charge in [-0.05, 0) is 18.2 Å². The Balaban J connectivity index is 2.80. The molecule has 4 nitrogen and oxygen atoms in total. The van der Waals surface area contributed by atoms with Crippen LogP contribution in [0.3, 0.4) is 0 Å². The molecule has 1 aromatic carbocycles. The van der Waals surface area contributed by atoms with Crippen LogP contribution in [0.1, 0.15) is 5.56 Å². The van der Waals surface area contributed by atoms with Gasteiger partial charge in [0.1, 0.15) is 0 Å². The second-order valence-electron chi connectivity index (χ2n) is 2.44. The average molecular weight is 195 g/mol. The van der Waals surface area contributed by atoms with E-state index < -0.39 is 18.4 Å². The van der Waals surface area contributed by atoms with Crippen molar-refractivity contribution in [3.8, 4) is 11.8 Å². The first-order chi connectivity index (χ1) is 6.63. The highest BCUT2D eigenvalue weighted by molar-refractivity contribution is 5.68. The Morgan fingerprint density at radius 2 is 2.36 bits per heavy atom. The predicted molar refractivity (Wildman–Crippen MR) is 44.2 cm³/mol. The molecule has 14 heavy (non-hydrogen) atoms. The molecule has 0 radical (unpaired) electrons. The summed E-state index contributed by atoms with van der Waals surface area (Å²) >= 11 is 0. The molecule has 1 N–H and O–H groups in total. The summed E-state index contributed by atoms with van der Waals surface area (Å²) in [4.78, 5) is 10.1. The van der Waals surface area contributed by atoms with E-state index in [0.717, 1.165) is 6.07 Å². The van der Waals surface area contributed by atoms with E-state index in [1.807, 2.05) is 0 Å². The van der Waals surface area contributed by atoms with Crippen molar-refractivity contribution in [2.45, 2.75) is 0 Å². The van der Waals surface area contributed by atoms with Crippen LogP contribution in [0.15, 0.2) is 18.2 Å². The van der Waals surface area contributed by atoms with Crippen LogP contribution >= 0.6 is 0 Å². The number of benzene rings is 1. The molecule has 72 valence electrons. The Kier molecular flexibility index (Phi) is 3.02. The average Bonchev–Trinajstić information content (AvgIpc) is 2.15. The minimum Gasteiger partial charge on any atom is -0.479 e. The first kappa shape index (κ1) is 9.99. The van der Waals surface area contributed by atoms with Gasteiger partial charge >= 0.3 is 5.97 Å². The first-order valence-corrected chi connectivity index (χ1v) is 3.67. The molecule has 0 amide bonds. The van der Waals surface area contributed by atoms with Gasteiger partial charge in [0, 0.05) is 0 Å². The van der Waals surface area contributed by atoms with Gasteiger partial charge in [0.05, 0.1) is 11.6 Å². The number of carboxylic acid groups (broad SMARTS) is 1. The summed E-state index contributed by atoms with van der Waals surface area (Å²) in [7, 11) is 0. The number of nitrogens with zero attached hydrogens (tertiary/aromatic N) is 1. The van der Waals surface area contributed by atoms with Crippen LogP contribution in [0.4, 0.5) is 4.39 Å². The zero-order chi connectivity index (χ0) is 10.6. The van der Waals surface area contributed by atoms with E-state index in [0.29, 0.717) is 0 Å². The fourth-order valence-corrected chi connectivity index (χ4v) is 0.827. The number of nitriles is 1. The topological polar surface area (TPSA) is 70.3 Å². The second kappa shape index (κ2) is 4.23. The highest BCUT2D eigenvalue weighted by Crippen LogP contribution is 2.17. The summed E-state index contributed by atoms with van der Waals surface area (Å²) < 4.78 is 17.6. The van der Waals surface area contributed by atoms with Gasteiger partial charge in [-0.1, -0.05) is 0 Å². The van der Waals surface area contributed by atoms with E-state index >= 15 is 0 Å². The number of ether oxygens (including phenoxy) is 1. The number of carbonyl (C=O) groups is 1. The molecule has 1 rings (SSSR count). The van der Waals surface area contributed by atoms with Crippen LogP contribution in [0, 0.1) is 17.1 Å². The number of halogens is 1. The zero-order valence-corrected chi connectivity index (χ0v) is 7.03. The first-order valence-electron chi connectivity index (χ1n) is 3.67. The molecule has 1 aromatic rings. The van der Waals surface area contributed by atoms with Gasteiger partial charge in [-0.2, -0.15) is 5.26 Å². The molecule has 0 unspecified atom stereocenters. The van der Waals surface area contributed by atoms with Crippen LogP contribution in [-0.4, -0.2) is 17.7 Å². The summed E-state index contributed by atoms with van der Waals surface area (Å²) in [6, 6.07) is 5.30. The number of hydrogen-bond acceptors (Lipinski definition) is 3. The van der Waals surface area contributed by atoms with Gasteiger partial charge in [-0.3, -0.25) is 0 Å². The summed E-state index contributed by atoms with van der Waals surface area (Å²) in [5.74, 6) is -2.11. The Morgan fingerprint density at radius 1 is 1.64 bits per heavy atom. The van der Waals surface area contributed by atoms with E-state index in [4.69, 9.17) is 10.4 Å². The van der Waals surface area contributed by atoms with Crippen molar-refractivity contribution in [2.75, 3.05) is 6.61 Å². The third-order valence-electron chi connectivity index (χ3n) is 1.41. The Bertz CT molecular complexity index is 398. The van der Waals surface area contributed by atoms with E-state index in [1.54, 1.807) is 6.07 Å². The van der Waals surface area contributed by atoms with Crippen molar-refractivity contribution in [1.82, 2.24) is 0 Å². The number of carboxylic acids is 1. The SMILES string of the molecule is N#Cc1ccc(OCC(=O)O)c(F)c1. The molecule has 5 heteroatoms. The summed E-state index contributed by atoms with van der Waals surface area (Å²) in [5.41, 5.74) is 0.158. The van der Waals surface area contributed by atoms with Gasteiger partial charge in [0.15, 0.2) is 18.2 Å². The smallest absolute Gasteiger partial charge is 0.341 e. The predicted octanol–water partition coefficient (Wildman–Crippen LogP) is 1.16. The summed E-state index contributed by atoms with van der Waals surface area (Å²) in [6.45, 7) is -0.608. The number of rotatable bonds is 3. The Labute approximate surface area is 79.2 Å². The lowest BCUT2D eigenvalue weighted by Gasteiger charge is -2.03. The summed E-state index contributed by atoms with van der Waals surface area (Å²) in [6.07, 6.45) is 0. The molecule has 0 aromatic heterocycles. The number of aliphatic carboxylic acids is 1. The van der Waals surface area contributed by atoms with Gasteiger partial charge in [0.25, 0.3) is 0 Å². The molecule has 0 saturated carbocycles. The van der Waals surface area contributed by atoms with Crippen molar-refractivity contribution in [3.05, 3.63) is 29.6 Å². The molecular weight excluding hydrogens is 189 g/mol. The van der Waals surface area contributed by atoms with Crippen molar-refractivity contribution in [3.63, 3.8) is 0 Å². The minimum atomic E-state index is -1.19. The molecule has 0 bridgehead atoms. The van der Waals surface area contributed by atoms with Gasteiger partial charge in [0.2, 0.25) is 0 Å². The highest BCUT2D eigenvalue weighted by atomic mass is 19.1. The molecule has 0 aliphatic carbocycles. The molecule has 0 heterocycles. The second-order valence-corrected chi connectivity index (χ2v) is 2.44. The van der Waals surface area contributed by atoms with Crippen LogP contribution in [-0.2, 0) is 4.79 Å². The largest absolute Gasteiger partial charge is 0.479 e. The molecule has 0 atom stereocenters. The van der Waals surface area contributed by atoms with E-state index in [-0.39, 0.29) is 11.3 Å². The fourth-order valence-electron chi connectivity index (χ4n) is 0.827. The highest BCUT2D eigenvalue weighted by Gasteiger charge is 2.06. The van der Waals surface area contributed by atoms with Crippen LogP contribution in [0.5, 0.6) is 5.75 Å². The van der Waals surface area contributed by atoms with Crippen molar-refractivity contribution >= 4 is 5.97 Å². The lowest BCUT2D eigenvalue weighted by Crippen LogP contribution is -2.10. The zero-order valence-electron chi connectivity index (χ0n) is 7.03. The fraction of sp³-hybridized carbons (Fsp3) is 0.111. The van der Waals surface area contributed by atoms with Crippen LogP contribution in [0.25, 0.3) is 0 Å². The van der Waals surface area contributed by atoms with E-state index in [2.05, 4.69) is 4.74 Å². The van der Waals surface area contributed by atoms with Crippen molar-refractivity contribution in [2.24, 2.45) is 0 Å². The molecule has 0 fully saturated rings. The lowest BCUT2D eigenvalue weighted by molar-refractivity contribution is -0.139. The quantitative estimate of drug-likeness (QED) is 0.785. The Morgan fingerprint density at radius 3 is 2.86 bits per heavy atom. The molecule has 0 aliphatic rings. The van der Waals surface area contributed by atoms with Crippen molar-refractivity contribution in [1.29, 1.82) is 5.26 Å². The third-order valence-corrected chi connectivity index (χ3v) is 1.41.